The number of aromatic nitrogens is 2. The molecule has 1 saturated heterocycles. The minimum atomic E-state index is -0.357. The number of rotatable bonds is 6. The Morgan fingerprint density at radius 2 is 2.00 bits per heavy atom. The van der Waals surface area contributed by atoms with Crippen molar-refractivity contribution in [3.63, 3.8) is 0 Å². The van der Waals surface area contributed by atoms with E-state index in [2.05, 4.69) is 9.88 Å². The quantitative estimate of drug-likeness (QED) is 0.627. The van der Waals surface area contributed by atoms with Crippen LogP contribution >= 0.6 is 11.3 Å². The second-order valence-corrected chi connectivity index (χ2v) is 7.90. The first kappa shape index (κ1) is 19.7. The lowest BCUT2D eigenvalue weighted by atomic mass is 10.1. The van der Waals surface area contributed by atoms with Crippen LogP contribution in [-0.4, -0.2) is 59.0 Å². The highest BCUT2D eigenvalue weighted by molar-refractivity contribution is 7.13. The molecule has 6 nitrogen and oxygen atoms in total. The lowest BCUT2D eigenvalue weighted by molar-refractivity contribution is -0.138. The van der Waals surface area contributed by atoms with Gasteiger partial charge in [0.1, 0.15) is 11.0 Å². The van der Waals surface area contributed by atoms with E-state index in [1.54, 1.807) is 28.6 Å². The fourth-order valence-electron chi connectivity index (χ4n) is 3.51. The number of hydrogen-bond donors (Lipinski definition) is 0. The van der Waals surface area contributed by atoms with Crippen molar-refractivity contribution in [1.29, 1.82) is 0 Å². The Balaban J connectivity index is 1.51. The van der Waals surface area contributed by atoms with Gasteiger partial charge in [0.2, 0.25) is 5.91 Å². The first-order chi connectivity index (χ1) is 14.2. The molecule has 0 bridgehead atoms. The molecule has 1 amide bonds. The van der Waals surface area contributed by atoms with Gasteiger partial charge in [-0.25, -0.2) is 4.98 Å². The van der Waals surface area contributed by atoms with Gasteiger partial charge in [-0.2, -0.15) is 0 Å². The number of thiazole rings is 1. The molecule has 1 atom stereocenters. The summed E-state index contributed by atoms with van der Waals surface area (Å²) < 4.78 is 5.48. The van der Waals surface area contributed by atoms with Gasteiger partial charge in [-0.15, -0.1) is 11.3 Å². The van der Waals surface area contributed by atoms with E-state index in [4.69, 9.17) is 9.72 Å². The van der Waals surface area contributed by atoms with Crippen LogP contribution in [0.15, 0.2) is 60.2 Å². The van der Waals surface area contributed by atoms with Gasteiger partial charge in [-0.1, -0.05) is 36.4 Å². The molecule has 0 N–H and O–H groups in total. The summed E-state index contributed by atoms with van der Waals surface area (Å²) in [4.78, 5) is 26.3. The Morgan fingerprint density at radius 1 is 1.21 bits per heavy atom. The maximum atomic E-state index is 13.4. The molecule has 3 aromatic rings. The third-order valence-electron chi connectivity index (χ3n) is 4.99. The van der Waals surface area contributed by atoms with Crippen molar-refractivity contribution in [2.24, 2.45) is 0 Å². The summed E-state index contributed by atoms with van der Waals surface area (Å²) in [6.07, 6.45) is 3.51. The fourth-order valence-corrected chi connectivity index (χ4v) is 4.32. The first-order valence-corrected chi connectivity index (χ1v) is 10.6. The van der Waals surface area contributed by atoms with E-state index in [1.165, 1.54) is 0 Å². The van der Waals surface area contributed by atoms with Crippen LogP contribution in [0.5, 0.6) is 0 Å². The van der Waals surface area contributed by atoms with Gasteiger partial charge in [-0.3, -0.25) is 14.7 Å². The van der Waals surface area contributed by atoms with Gasteiger partial charge in [0.05, 0.1) is 25.5 Å². The number of likely N-dealkylation sites (N-methyl/N-ethyl adjacent to an activating group) is 1. The largest absolute Gasteiger partial charge is 0.379 e. The van der Waals surface area contributed by atoms with Gasteiger partial charge in [0.15, 0.2) is 0 Å². The molecule has 2 aromatic heterocycles. The molecule has 0 aliphatic carbocycles. The van der Waals surface area contributed by atoms with Crippen molar-refractivity contribution in [1.82, 2.24) is 19.8 Å². The lowest BCUT2D eigenvalue weighted by Gasteiger charge is -2.35. The molecule has 1 aliphatic rings. The predicted octanol–water partition coefficient (Wildman–Crippen LogP) is 3.24. The molecule has 1 aromatic carbocycles. The SMILES string of the molecule is CN(Cc1csc(-c2ccccc2)n1)C(=O)C(c1cccnc1)N1CCOCC1. The lowest BCUT2D eigenvalue weighted by Crippen LogP contribution is -2.46. The molecular weight excluding hydrogens is 384 g/mol. The van der Waals surface area contributed by atoms with E-state index in [-0.39, 0.29) is 11.9 Å². The van der Waals surface area contributed by atoms with Gasteiger partial charge >= 0.3 is 0 Å². The number of hydrogen-bond acceptors (Lipinski definition) is 6. The topological polar surface area (TPSA) is 58.6 Å². The molecule has 0 spiro atoms. The zero-order valence-electron chi connectivity index (χ0n) is 16.4. The third-order valence-corrected chi connectivity index (χ3v) is 5.93. The van der Waals surface area contributed by atoms with Crippen LogP contribution in [0.3, 0.4) is 0 Å². The first-order valence-electron chi connectivity index (χ1n) is 9.69. The minimum absolute atomic E-state index is 0.0501. The molecule has 1 fully saturated rings. The summed E-state index contributed by atoms with van der Waals surface area (Å²) in [5, 5.41) is 3.00. The summed E-state index contributed by atoms with van der Waals surface area (Å²) in [5.74, 6) is 0.0501. The van der Waals surface area contributed by atoms with Crippen molar-refractivity contribution < 1.29 is 9.53 Å². The van der Waals surface area contributed by atoms with Gasteiger partial charge in [0, 0.05) is 43.5 Å². The summed E-state index contributed by atoms with van der Waals surface area (Å²) in [5.41, 5.74) is 2.91. The predicted molar refractivity (Wildman–Crippen MR) is 113 cm³/mol. The van der Waals surface area contributed by atoms with E-state index >= 15 is 0 Å². The van der Waals surface area contributed by atoms with Crippen molar-refractivity contribution in [3.05, 3.63) is 71.5 Å². The van der Waals surface area contributed by atoms with E-state index in [9.17, 15) is 4.79 Å². The van der Waals surface area contributed by atoms with Gasteiger partial charge < -0.3 is 9.64 Å². The number of benzene rings is 1. The summed E-state index contributed by atoms with van der Waals surface area (Å²) in [6, 6.07) is 13.6. The van der Waals surface area contributed by atoms with E-state index in [0.29, 0.717) is 19.8 Å². The maximum Gasteiger partial charge on any atom is 0.244 e. The molecule has 4 rings (SSSR count). The van der Waals surface area contributed by atoms with Crippen LogP contribution in [0.1, 0.15) is 17.3 Å². The Morgan fingerprint density at radius 3 is 2.72 bits per heavy atom. The van der Waals surface area contributed by atoms with E-state index < -0.39 is 0 Å². The standard InChI is InChI=1S/C22H24N4O2S/c1-25(15-19-16-29-21(24-19)17-6-3-2-4-7-17)22(27)20(18-8-5-9-23-14-18)26-10-12-28-13-11-26/h2-9,14,16,20H,10-13,15H2,1H3. The van der Waals surface area contributed by atoms with Crippen molar-refractivity contribution in [2.75, 3.05) is 33.4 Å². The van der Waals surface area contributed by atoms with Gasteiger partial charge in [0.25, 0.3) is 0 Å². The van der Waals surface area contributed by atoms with Crippen molar-refractivity contribution >= 4 is 17.2 Å². The number of morpholine rings is 1. The fraction of sp³-hybridized carbons (Fsp3) is 0.318. The highest BCUT2D eigenvalue weighted by atomic mass is 32.1. The zero-order valence-corrected chi connectivity index (χ0v) is 17.2. The molecule has 0 saturated carbocycles. The Kier molecular flexibility index (Phi) is 6.29. The van der Waals surface area contributed by atoms with Crippen LogP contribution in [0.25, 0.3) is 10.6 Å². The summed E-state index contributed by atoms with van der Waals surface area (Å²) >= 11 is 1.60. The van der Waals surface area contributed by atoms with Gasteiger partial charge in [-0.05, 0) is 11.6 Å². The number of pyridine rings is 1. The Labute approximate surface area is 174 Å². The molecule has 29 heavy (non-hydrogen) atoms. The zero-order chi connectivity index (χ0) is 20.1. The van der Waals surface area contributed by atoms with E-state index in [1.807, 2.05) is 54.9 Å². The van der Waals surface area contributed by atoms with Crippen LogP contribution < -0.4 is 0 Å². The average molecular weight is 409 g/mol. The van der Waals surface area contributed by atoms with Crippen molar-refractivity contribution in [3.8, 4) is 10.6 Å². The number of ether oxygens (including phenoxy) is 1. The summed E-state index contributed by atoms with van der Waals surface area (Å²) in [6.45, 7) is 3.21. The maximum absolute atomic E-state index is 13.4. The Bertz CT molecular complexity index is 926. The molecule has 7 heteroatoms. The van der Waals surface area contributed by atoms with Crippen LogP contribution in [0.4, 0.5) is 0 Å². The molecule has 150 valence electrons. The highest BCUT2D eigenvalue weighted by Crippen LogP contribution is 2.26. The Hall–Kier alpha value is -2.61. The normalized spacial score (nSPS) is 15.8. The molecule has 3 heterocycles. The van der Waals surface area contributed by atoms with Crippen LogP contribution in [0, 0.1) is 0 Å². The average Bonchev–Trinajstić information content (AvgIpc) is 3.24. The number of amides is 1. The van der Waals surface area contributed by atoms with Crippen LogP contribution in [0.2, 0.25) is 0 Å². The number of carbonyl (C=O) groups excluding carboxylic acids is 1. The second-order valence-electron chi connectivity index (χ2n) is 7.04. The third kappa shape index (κ3) is 4.70. The molecule has 1 aliphatic heterocycles. The number of nitrogens with zero attached hydrogens (tertiary/aromatic N) is 4. The minimum Gasteiger partial charge on any atom is -0.379 e. The smallest absolute Gasteiger partial charge is 0.244 e. The second kappa shape index (κ2) is 9.26. The molecule has 1 unspecified atom stereocenters. The van der Waals surface area contributed by atoms with E-state index in [0.717, 1.165) is 34.9 Å². The monoisotopic (exact) mass is 408 g/mol. The molecular formula is C22H24N4O2S. The summed E-state index contributed by atoms with van der Waals surface area (Å²) in [7, 11) is 1.84. The molecule has 0 radical (unpaired) electrons. The highest BCUT2D eigenvalue weighted by Gasteiger charge is 2.31. The van der Waals surface area contributed by atoms with Crippen LogP contribution in [-0.2, 0) is 16.1 Å². The number of carbonyl (C=O) groups is 1. The van der Waals surface area contributed by atoms with Crippen molar-refractivity contribution in [2.45, 2.75) is 12.6 Å².